The van der Waals surface area contributed by atoms with Gasteiger partial charge in [-0.3, -0.25) is 19.9 Å². The van der Waals surface area contributed by atoms with Gasteiger partial charge in [-0.15, -0.1) is 0 Å². The summed E-state index contributed by atoms with van der Waals surface area (Å²) in [6.07, 6.45) is 1.17. The van der Waals surface area contributed by atoms with Crippen molar-refractivity contribution in [2.75, 3.05) is 26.5 Å². The Morgan fingerprint density at radius 1 is 1.30 bits per heavy atom. The fourth-order valence-corrected chi connectivity index (χ4v) is 2.95. The number of aromatic nitrogens is 3. The first-order valence-electron chi connectivity index (χ1n) is 7.30. The number of carbonyl (C=O) groups excluding carboxylic acids is 2. The topological polar surface area (TPSA) is 163 Å². The molecule has 0 bridgehead atoms. The standard InChI is InChI=1S/C14H16N6O6S/c1-20(2)12(22)8-5-4-6-15-11(8)27(24,25)19-14(23)18-13-16-9(21)7-10(17-13)26-3/h4-7H,1-3H3,(H3,16,17,18,19,21,23). The second kappa shape index (κ2) is 7.82. The molecule has 0 atom stereocenters. The van der Waals surface area contributed by atoms with E-state index in [0.29, 0.717) is 0 Å². The lowest BCUT2D eigenvalue weighted by molar-refractivity contribution is 0.0823. The van der Waals surface area contributed by atoms with Gasteiger partial charge in [-0.05, 0) is 12.1 Å². The lowest BCUT2D eigenvalue weighted by Gasteiger charge is -2.14. The number of pyridine rings is 1. The Hall–Kier alpha value is -3.48. The monoisotopic (exact) mass is 396 g/mol. The minimum Gasteiger partial charge on any atom is -0.481 e. The molecule has 0 radical (unpaired) electrons. The number of hydrogen-bond donors (Lipinski definition) is 3. The van der Waals surface area contributed by atoms with E-state index in [2.05, 4.69) is 20.3 Å². The molecule has 0 saturated carbocycles. The van der Waals surface area contributed by atoms with Gasteiger partial charge in [-0.2, -0.15) is 13.4 Å². The van der Waals surface area contributed by atoms with Gasteiger partial charge in [0.25, 0.3) is 21.5 Å². The molecule has 0 fully saturated rings. The fourth-order valence-electron chi connectivity index (χ4n) is 1.91. The lowest BCUT2D eigenvalue weighted by Crippen LogP contribution is -2.37. The van der Waals surface area contributed by atoms with Crippen LogP contribution in [0.5, 0.6) is 5.88 Å². The van der Waals surface area contributed by atoms with E-state index in [-0.39, 0.29) is 17.4 Å². The molecular weight excluding hydrogens is 380 g/mol. The first kappa shape index (κ1) is 19.8. The number of sulfonamides is 1. The van der Waals surface area contributed by atoms with Gasteiger partial charge in [0.1, 0.15) is 0 Å². The van der Waals surface area contributed by atoms with Crippen LogP contribution in [0.2, 0.25) is 0 Å². The van der Waals surface area contributed by atoms with Crippen molar-refractivity contribution in [1.82, 2.24) is 24.6 Å². The highest BCUT2D eigenvalue weighted by molar-refractivity contribution is 7.90. The number of nitrogens with one attached hydrogen (secondary N) is 3. The number of H-pyrrole nitrogens is 1. The number of hydrogen-bond acceptors (Lipinski definition) is 8. The molecule has 0 saturated heterocycles. The molecule has 0 spiro atoms. The molecule has 0 aliphatic heterocycles. The maximum Gasteiger partial charge on any atom is 0.335 e. The average Bonchev–Trinajstić information content (AvgIpc) is 2.59. The zero-order valence-electron chi connectivity index (χ0n) is 14.5. The van der Waals surface area contributed by atoms with Crippen molar-refractivity contribution in [2.45, 2.75) is 5.03 Å². The predicted molar refractivity (Wildman–Crippen MR) is 93.0 cm³/mol. The van der Waals surface area contributed by atoms with E-state index in [4.69, 9.17) is 4.74 Å². The van der Waals surface area contributed by atoms with Gasteiger partial charge in [0.15, 0.2) is 5.03 Å². The molecule has 2 rings (SSSR count). The molecule has 2 aromatic rings. The summed E-state index contributed by atoms with van der Waals surface area (Å²) in [4.78, 5) is 46.3. The molecule has 0 aliphatic rings. The number of nitrogens with zero attached hydrogens (tertiary/aromatic N) is 3. The third kappa shape index (κ3) is 4.78. The number of aromatic amines is 1. The van der Waals surface area contributed by atoms with Crippen molar-refractivity contribution in [3.63, 3.8) is 0 Å². The Kier molecular flexibility index (Phi) is 5.75. The molecule has 27 heavy (non-hydrogen) atoms. The highest BCUT2D eigenvalue weighted by Gasteiger charge is 2.26. The largest absolute Gasteiger partial charge is 0.481 e. The van der Waals surface area contributed by atoms with E-state index in [1.165, 1.54) is 44.4 Å². The van der Waals surface area contributed by atoms with Crippen molar-refractivity contribution in [3.8, 4) is 5.88 Å². The number of rotatable bonds is 5. The number of anilines is 1. The smallest absolute Gasteiger partial charge is 0.335 e. The molecule has 0 aliphatic carbocycles. The van der Waals surface area contributed by atoms with Crippen LogP contribution in [-0.4, -0.2) is 61.4 Å². The van der Waals surface area contributed by atoms with Crippen LogP contribution in [-0.2, 0) is 10.0 Å². The van der Waals surface area contributed by atoms with Crippen LogP contribution < -0.4 is 20.3 Å². The summed E-state index contributed by atoms with van der Waals surface area (Å²) in [5.41, 5.74) is -0.834. The highest BCUT2D eigenvalue weighted by atomic mass is 32.2. The Balaban J connectivity index is 2.27. The Morgan fingerprint density at radius 2 is 2.00 bits per heavy atom. The zero-order valence-corrected chi connectivity index (χ0v) is 15.3. The third-order valence-electron chi connectivity index (χ3n) is 3.05. The predicted octanol–water partition coefficient (Wildman–Crippen LogP) is -0.614. The van der Waals surface area contributed by atoms with Crippen LogP contribution in [0.1, 0.15) is 10.4 Å². The normalized spacial score (nSPS) is 10.8. The number of amides is 3. The van der Waals surface area contributed by atoms with Crippen molar-refractivity contribution in [3.05, 3.63) is 40.3 Å². The minimum atomic E-state index is -4.49. The number of urea groups is 1. The fraction of sp³-hybridized carbons (Fsp3) is 0.214. The van der Waals surface area contributed by atoms with E-state index in [0.717, 1.165) is 6.07 Å². The van der Waals surface area contributed by atoms with E-state index in [9.17, 15) is 22.8 Å². The quantitative estimate of drug-likeness (QED) is 0.602. The summed E-state index contributed by atoms with van der Waals surface area (Å²) in [7, 11) is -0.340. The van der Waals surface area contributed by atoms with Gasteiger partial charge >= 0.3 is 6.03 Å². The highest BCUT2D eigenvalue weighted by Crippen LogP contribution is 2.14. The van der Waals surface area contributed by atoms with Crippen LogP contribution in [0.25, 0.3) is 0 Å². The molecule has 13 heteroatoms. The van der Waals surface area contributed by atoms with Gasteiger partial charge in [0.2, 0.25) is 11.8 Å². The molecule has 3 amide bonds. The number of methoxy groups -OCH3 is 1. The maximum atomic E-state index is 12.4. The van der Waals surface area contributed by atoms with Crippen LogP contribution in [0.3, 0.4) is 0 Å². The summed E-state index contributed by atoms with van der Waals surface area (Å²) in [6.45, 7) is 0. The minimum absolute atomic E-state index is 0.0829. The van der Waals surface area contributed by atoms with Crippen molar-refractivity contribution >= 4 is 27.9 Å². The maximum absolute atomic E-state index is 12.4. The Bertz CT molecular complexity index is 1030. The first-order valence-corrected chi connectivity index (χ1v) is 8.78. The SMILES string of the molecule is COc1cc(=O)[nH]c(NC(=O)NS(=O)(=O)c2ncccc2C(=O)N(C)C)n1. The Labute approximate surface area is 153 Å². The van der Waals surface area contributed by atoms with Crippen LogP contribution in [0, 0.1) is 0 Å². The molecule has 3 N–H and O–H groups in total. The third-order valence-corrected chi connectivity index (χ3v) is 4.34. The number of carbonyl (C=O) groups is 2. The van der Waals surface area contributed by atoms with E-state index < -0.39 is 32.5 Å². The van der Waals surface area contributed by atoms with Gasteiger partial charge in [-0.1, -0.05) is 0 Å². The molecule has 144 valence electrons. The molecular formula is C14H16N6O6S. The van der Waals surface area contributed by atoms with Gasteiger partial charge < -0.3 is 9.64 Å². The molecule has 2 heterocycles. The average molecular weight is 396 g/mol. The van der Waals surface area contributed by atoms with E-state index in [1.807, 2.05) is 0 Å². The van der Waals surface area contributed by atoms with Crippen LogP contribution in [0.4, 0.5) is 10.7 Å². The lowest BCUT2D eigenvalue weighted by atomic mass is 10.2. The summed E-state index contributed by atoms with van der Waals surface area (Å²) >= 11 is 0. The van der Waals surface area contributed by atoms with Gasteiger partial charge in [-0.25, -0.2) is 14.5 Å². The van der Waals surface area contributed by atoms with E-state index >= 15 is 0 Å². The van der Waals surface area contributed by atoms with Crippen LogP contribution in [0.15, 0.2) is 34.2 Å². The molecule has 0 aromatic carbocycles. The van der Waals surface area contributed by atoms with Crippen molar-refractivity contribution in [1.29, 1.82) is 0 Å². The van der Waals surface area contributed by atoms with Gasteiger partial charge in [0.05, 0.1) is 18.7 Å². The summed E-state index contributed by atoms with van der Waals surface area (Å²) < 4.78 is 31.4. The Morgan fingerprint density at radius 3 is 2.63 bits per heavy atom. The molecule has 0 unspecified atom stereocenters. The number of ether oxygens (including phenoxy) is 1. The second-order valence-corrected chi connectivity index (χ2v) is 6.85. The summed E-state index contributed by atoms with van der Waals surface area (Å²) in [5, 5.41) is 1.44. The van der Waals surface area contributed by atoms with Crippen LogP contribution >= 0.6 is 0 Å². The van der Waals surface area contributed by atoms with Gasteiger partial charge in [0, 0.05) is 20.3 Å². The molecule has 2 aromatic heterocycles. The second-order valence-electron chi connectivity index (χ2n) is 5.25. The van der Waals surface area contributed by atoms with Crippen molar-refractivity contribution in [2.24, 2.45) is 0 Å². The summed E-state index contributed by atoms with van der Waals surface area (Å²) in [6, 6.07) is 2.47. The first-order chi connectivity index (χ1) is 12.6. The summed E-state index contributed by atoms with van der Waals surface area (Å²) in [5.74, 6) is -1.03. The molecule has 12 nitrogen and oxygen atoms in total. The van der Waals surface area contributed by atoms with E-state index in [1.54, 1.807) is 4.72 Å². The van der Waals surface area contributed by atoms with Crippen molar-refractivity contribution < 1.29 is 22.7 Å². The zero-order chi connectivity index (χ0) is 20.2.